The zero-order valence-electron chi connectivity index (χ0n) is 15.8. The van der Waals surface area contributed by atoms with Gasteiger partial charge in [0.25, 0.3) is 5.89 Å². The van der Waals surface area contributed by atoms with Crippen molar-refractivity contribution in [2.75, 3.05) is 20.8 Å². The zero-order valence-corrected chi connectivity index (χ0v) is 16.6. The largest absolute Gasteiger partial charge is 0.493 e. The summed E-state index contributed by atoms with van der Waals surface area (Å²) in [5, 5.41) is 8.61. The van der Waals surface area contributed by atoms with Crippen LogP contribution in [0.2, 0.25) is 0 Å². The predicted octanol–water partition coefficient (Wildman–Crippen LogP) is 4.46. The normalized spacial score (nSPS) is 17.4. The molecule has 1 fully saturated rings. The summed E-state index contributed by atoms with van der Waals surface area (Å²) in [4.78, 5) is 4.62. The second-order valence-corrected chi connectivity index (χ2v) is 7.92. The van der Waals surface area contributed by atoms with E-state index in [4.69, 9.17) is 13.9 Å². The Morgan fingerprint density at radius 3 is 2.81 bits per heavy atom. The van der Waals surface area contributed by atoms with Gasteiger partial charge in [-0.2, -0.15) is 0 Å². The van der Waals surface area contributed by atoms with E-state index in [9.17, 15) is 0 Å². The molecule has 0 radical (unpaired) electrons. The van der Waals surface area contributed by atoms with Gasteiger partial charge in [0.1, 0.15) is 0 Å². The van der Waals surface area contributed by atoms with E-state index in [1.807, 2.05) is 18.2 Å². The number of nitrogens with zero attached hydrogens (tertiary/aromatic N) is 3. The fourth-order valence-corrected chi connectivity index (χ4v) is 4.40. The van der Waals surface area contributed by atoms with Crippen molar-refractivity contribution in [3.8, 4) is 22.3 Å². The van der Waals surface area contributed by atoms with Crippen molar-refractivity contribution in [3.05, 3.63) is 46.7 Å². The van der Waals surface area contributed by atoms with Crippen LogP contribution in [0.3, 0.4) is 0 Å². The zero-order chi connectivity index (χ0) is 18.8. The van der Waals surface area contributed by atoms with Gasteiger partial charge in [0.15, 0.2) is 11.5 Å². The number of aromatic nitrogens is 2. The number of hydrogen-bond donors (Lipinski definition) is 0. The van der Waals surface area contributed by atoms with Gasteiger partial charge in [-0.05, 0) is 44.5 Å². The number of rotatable bonds is 6. The average molecular weight is 385 g/mol. The van der Waals surface area contributed by atoms with Crippen LogP contribution in [-0.4, -0.2) is 35.9 Å². The van der Waals surface area contributed by atoms with Gasteiger partial charge in [0, 0.05) is 17.0 Å². The monoisotopic (exact) mass is 385 g/mol. The lowest BCUT2D eigenvalue weighted by molar-refractivity contribution is 0.212. The SMILES string of the molecule is COc1cccc(CN2CCC[C@@H]2c2nnc(-c3ccc(C)s3)o2)c1OC. The molecule has 1 aliphatic heterocycles. The summed E-state index contributed by atoms with van der Waals surface area (Å²) in [5.74, 6) is 2.83. The Morgan fingerprint density at radius 1 is 1.19 bits per heavy atom. The molecule has 0 saturated carbocycles. The van der Waals surface area contributed by atoms with Crippen molar-refractivity contribution < 1.29 is 13.9 Å². The van der Waals surface area contributed by atoms with Crippen LogP contribution in [0.4, 0.5) is 0 Å². The molecule has 0 spiro atoms. The molecule has 7 heteroatoms. The van der Waals surface area contributed by atoms with Crippen molar-refractivity contribution in [2.24, 2.45) is 0 Å². The fourth-order valence-electron chi connectivity index (χ4n) is 3.61. The first-order chi connectivity index (χ1) is 13.2. The van der Waals surface area contributed by atoms with Crippen molar-refractivity contribution in [3.63, 3.8) is 0 Å². The number of methoxy groups -OCH3 is 2. The number of likely N-dealkylation sites (tertiary alicyclic amines) is 1. The molecule has 0 amide bonds. The minimum atomic E-state index is 0.128. The first-order valence-corrected chi connectivity index (χ1v) is 9.85. The molecular weight excluding hydrogens is 362 g/mol. The smallest absolute Gasteiger partial charge is 0.257 e. The maximum absolute atomic E-state index is 6.03. The third kappa shape index (κ3) is 3.57. The van der Waals surface area contributed by atoms with Gasteiger partial charge in [-0.1, -0.05) is 12.1 Å². The highest BCUT2D eigenvalue weighted by Gasteiger charge is 2.31. The summed E-state index contributed by atoms with van der Waals surface area (Å²) in [6.45, 7) is 3.81. The topological polar surface area (TPSA) is 60.6 Å². The van der Waals surface area contributed by atoms with Gasteiger partial charge in [-0.25, -0.2) is 0 Å². The molecule has 0 N–H and O–H groups in total. The Bertz CT molecular complexity index is 921. The second kappa shape index (κ2) is 7.70. The standard InChI is InChI=1S/C20H23N3O3S/c1-13-9-10-17(27-13)20-22-21-19(26-20)15-7-5-11-23(15)12-14-6-4-8-16(24-2)18(14)25-3/h4,6,8-10,15H,5,7,11-12H2,1-3H3/t15-/m1/s1. The van der Waals surface area contributed by atoms with Crippen LogP contribution in [-0.2, 0) is 6.54 Å². The van der Waals surface area contributed by atoms with E-state index >= 15 is 0 Å². The highest BCUT2D eigenvalue weighted by molar-refractivity contribution is 7.15. The van der Waals surface area contributed by atoms with Crippen molar-refractivity contribution in [1.82, 2.24) is 15.1 Å². The van der Waals surface area contributed by atoms with E-state index < -0.39 is 0 Å². The van der Waals surface area contributed by atoms with Crippen LogP contribution < -0.4 is 9.47 Å². The second-order valence-electron chi connectivity index (χ2n) is 6.64. The van der Waals surface area contributed by atoms with Crippen molar-refractivity contribution in [2.45, 2.75) is 32.4 Å². The van der Waals surface area contributed by atoms with E-state index in [0.29, 0.717) is 11.8 Å². The first-order valence-electron chi connectivity index (χ1n) is 9.03. The molecule has 0 aliphatic carbocycles. The molecule has 1 saturated heterocycles. The van der Waals surface area contributed by atoms with Gasteiger partial charge < -0.3 is 13.9 Å². The maximum Gasteiger partial charge on any atom is 0.257 e. The van der Waals surface area contributed by atoms with E-state index in [2.05, 4.69) is 34.2 Å². The van der Waals surface area contributed by atoms with E-state index in [1.165, 1.54) is 4.88 Å². The molecule has 6 nitrogen and oxygen atoms in total. The van der Waals surface area contributed by atoms with Gasteiger partial charge in [-0.15, -0.1) is 21.5 Å². The Balaban J connectivity index is 1.56. The number of ether oxygens (including phenoxy) is 2. The molecular formula is C20H23N3O3S. The fraction of sp³-hybridized carbons (Fsp3) is 0.400. The number of hydrogen-bond acceptors (Lipinski definition) is 7. The molecule has 142 valence electrons. The number of aryl methyl sites for hydroxylation is 1. The summed E-state index contributed by atoms with van der Waals surface area (Å²) in [6, 6.07) is 10.2. The minimum Gasteiger partial charge on any atom is -0.493 e. The maximum atomic E-state index is 6.03. The van der Waals surface area contributed by atoms with E-state index in [0.717, 1.165) is 47.9 Å². The van der Waals surface area contributed by atoms with Crippen LogP contribution >= 0.6 is 11.3 Å². The Labute approximate surface area is 162 Å². The lowest BCUT2D eigenvalue weighted by Gasteiger charge is -2.23. The van der Waals surface area contributed by atoms with Crippen molar-refractivity contribution in [1.29, 1.82) is 0 Å². The van der Waals surface area contributed by atoms with E-state index in [-0.39, 0.29) is 6.04 Å². The number of thiophene rings is 1. The molecule has 3 heterocycles. The molecule has 1 atom stereocenters. The molecule has 4 rings (SSSR count). The van der Waals surface area contributed by atoms with Gasteiger partial charge in [0.2, 0.25) is 5.89 Å². The lowest BCUT2D eigenvalue weighted by Crippen LogP contribution is -2.23. The summed E-state index contributed by atoms with van der Waals surface area (Å²) in [5.41, 5.74) is 1.09. The molecule has 1 aromatic carbocycles. The molecule has 3 aromatic rings. The van der Waals surface area contributed by atoms with Crippen LogP contribution in [0.15, 0.2) is 34.7 Å². The molecule has 0 unspecified atom stereocenters. The number of para-hydroxylation sites is 1. The van der Waals surface area contributed by atoms with Crippen LogP contribution in [0.25, 0.3) is 10.8 Å². The highest BCUT2D eigenvalue weighted by Crippen LogP contribution is 2.38. The summed E-state index contributed by atoms with van der Waals surface area (Å²) >= 11 is 1.67. The predicted molar refractivity (Wildman–Crippen MR) is 104 cm³/mol. The van der Waals surface area contributed by atoms with Gasteiger partial charge >= 0.3 is 0 Å². The Hall–Kier alpha value is -2.38. The quantitative estimate of drug-likeness (QED) is 0.624. The molecule has 2 aromatic heterocycles. The van der Waals surface area contributed by atoms with Crippen molar-refractivity contribution >= 4 is 11.3 Å². The van der Waals surface area contributed by atoms with Gasteiger partial charge in [0.05, 0.1) is 25.1 Å². The van der Waals surface area contributed by atoms with Crippen LogP contribution in [0.1, 0.15) is 35.2 Å². The molecule has 27 heavy (non-hydrogen) atoms. The number of benzene rings is 1. The lowest BCUT2D eigenvalue weighted by atomic mass is 10.1. The minimum absolute atomic E-state index is 0.128. The molecule has 0 bridgehead atoms. The van der Waals surface area contributed by atoms with E-state index in [1.54, 1.807) is 25.6 Å². The summed E-state index contributed by atoms with van der Waals surface area (Å²) in [6.07, 6.45) is 2.12. The van der Waals surface area contributed by atoms with Crippen LogP contribution in [0.5, 0.6) is 11.5 Å². The first kappa shape index (κ1) is 18.0. The average Bonchev–Trinajstić information content (AvgIpc) is 3.41. The van der Waals surface area contributed by atoms with Gasteiger partial charge in [-0.3, -0.25) is 4.90 Å². The summed E-state index contributed by atoms with van der Waals surface area (Å²) < 4.78 is 17.0. The third-order valence-electron chi connectivity index (χ3n) is 4.90. The third-order valence-corrected chi connectivity index (χ3v) is 5.89. The Kier molecular flexibility index (Phi) is 5.13. The van der Waals surface area contributed by atoms with Crippen LogP contribution in [0, 0.1) is 6.92 Å². The summed E-state index contributed by atoms with van der Waals surface area (Å²) in [7, 11) is 3.34. The highest BCUT2D eigenvalue weighted by atomic mass is 32.1. The molecule has 1 aliphatic rings. The Morgan fingerprint density at radius 2 is 2.07 bits per heavy atom.